The zero-order valence-corrected chi connectivity index (χ0v) is 8.02. The van der Waals surface area contributed by atoms with Gasteiger partial charge in [-0.2, -0.15) is 0 Å². The van der Waals surface area contributed by atoms with Crippen molar-refractivity contribution in [3.63, 3.8) is 0 Å². The predicted octanol–water partition coefficient (Wildman–Crippen LogP) is 1.34. The van der Waals surface area contributed by atoms with Crippen LogP contribution in [0, 0.1) is 0 Å². The van der Waals surface area contributed by atoms with Crippen LogP contribution in [0.15, 0.2) is 23.2 Å². The molecular formula is C9H12N2O3. The van der Waals surface area contributed by atoms with Crippen LogP contribution in [0.3, 0.4) is 0 Å². The molecule has 0 fully saturated rings. The topological polar surface area (TPSA) is 63.1 Å². The van der Waals surface area contributed by atoms with Gasteiger partial charge in [-0.1, -0.05) is 0 Å². The van der Waals surface area contributed by atoms with Crippen LogP contribution in [0.2, 0.25) is 0 Å². The van der Waals surface area contributed by atoms with Gasteiger partial charge in [0.15, 0.2) is 11.5 Å². The van der Waals surface area contributed by atoms with E-state index >= 15 is 0 Å². The summed E-state index contributed by atoms with van der Waals surface area (Å²) in [6.45, 7) is 0. The minimum Gasteiger partial charge on any atom is -0.493 e. The van der Waals surface area contributed by atoms with Gasteiger partial charge in [0, 0.05) is 6.07 Å². The summed E-state index contributed by atoms with van der Waals surface area (Å²) < 4.78 is 10.1. The zero-order valence-electron chi connectivity index (χ0n) is 8.02. The van der Waals surface area contributed by atoms with Gasteiger partial charge in [0.05, 0.1) is 19.9 Å². The highest BCUT2D eigenvalue weighted by Gasteiger charge is 2.02. The molecule has 2 N–H and O–H groups in total. The Bertz CT molecular complexity index is 326. The van der Waals surface area contributed by atoms with Crippen molar-refractivity contribution < 1.29 is 14.7 Å². The van der Waals surface area contributed by atoms with Gasteiger partial charge >= 0.3 is 0 Å². The third kappa shape index (κ3) is 2.37. The molecule has 0 aliphatic carbocycles. The van der Waals surface area contributed by atoms with E-state index in [9.17, 15) is 0 Å². The molecule has 0 saturated carbocycles. The van der Waals surface area contributed by atoms with Crippen molar-refractivity contribution in [3.8, 4) is 11.5 Å². The van der Waals surface area contributed by atoms with Gasteiger partial charge in [0.2, 0.25) is 0 Å². The molecule has 0 unspecified atom stereocenters. The summed E-state index contributed by atoms with van der Waals surface area (Å²) in [5, 5.41) is 8.30. The molecule has 0 bridgehead atoms. The molecule has 5 heteroatoms. The Hall–Kier alpha value is -1.75. The molecule has 0 heterocycles. The van der Waals surface area contributed by atoms with Crippen LogP contribution in [0.1, 0.15) is 0 Å². The van der Waals surface area contributed by atoms with Gasteiger partial charge in [-0.3, -0.25) is 10.7 Å². The third-order valence-corrected chi connectivity index (χ3v) is 1.64. The molecule has 0 amide bonds. The van der Waals surface area contributed by atoms with E-state index < -0.39 is 0 Å². The summed E-state index contributed by atoms with van der Waals surface area (Å²) in [5.74, 6) is 1.24. The minimum atomic E-state index is 0.597. The maximum Gasteiger partial charge on any atom is 0.162 e. The third-order valence-electron chi connectivity index (χ3n) is 1.64. The molecule has 0 radical (unpaired) electrons. The molecule has 0 saturated heterocycles. The average molecular weight is 196 g/mol. The van der Waals surface area contributed by atoms with Crippen LogP contribution < -0.4 is 15.0 Å². The molecule has 76 valence electrons. The second-order valence-electron chi connectivity index (χ2n) is 2.43. The maximum atomic E-state index is 8.30. The van der Waals surface area contributed by atoms with Crippen LogP contribution in [-0.4, -0.2) is 25.8 Å². The number of hydroxylamine groups is 1. The molecule has 5 nitrogen and oxygen atoms in total. The first kappa shape index (κ1) is 10.3. The number of hydrogen-bond acceptors (Lipinski definition) is 4. The van der Waals surface area contributed by atoms with Crippen molar-refractivity contribution in [2.24, 2.45) is 4.99 Å². The summed E-state index contributed by atoms with van der Waals surface area (Å²) in [5.41, 5.74) is 2.48. The van der Waals surface area contributed by atoms with Crippen molar-refractivity contribution in [3.05, 3.63) is 18.2 Å². The second kappa shape index (κ2) is 5.08. The van der Waals surface area contributed by atoms with E-state index in [1.165, 1.54) is 6.34 Å². The van der Waals surface area contributed by atoms with Crippen LogP contribution in [0.4, 0.5) is 5.69 Å². The Morgan fingerprint density at radius 1 is 1.29 bits per heavy atom. The van der Waals surface area contributed by atoms with Gasteiger partial charge in [0.25, 0.3) is 0 Å². The van der Waals surface area contributed by atoms with E-state index in [1.54, 1.807) is 32.4 Å². The van der Waals surface area contributed by atoms with Crippen molar-refractivity contribution in [2.75, 3.05) is 14.2 Å². The minimum absolute atomic E-state index is 0.597. The smallest absolute Gasteiger partial charge is 0.162 e. The quantitative estimate of drug-likeness (QED) is 0.433. The largest absolute Gasteiger partial charge is 0.493 e. The summed E-state index contributed by atoms with van der Waals surface area (Å²) in [6, 6.07) is 5.19. The fourth-order valence-electron chi connectivity index (χ4n) is 1.01. The molecule has 0 aliphatic rings. The van der Waals surface area contributed by atoms with Crippen LogP contribution in [-0.2, 0) is 0 Å². The Labute approximate surface area is 81.9 Å². The number of nitrogens with one attached hydrogen (secondary N) is 1. The standard InChI is InChI=1S/C9H12N2O3/c1-13-8-4-3-7(10-6-11-12)5-9(8)14-2/h3-6,12H,1-2H3,(H,10,11). The van der Waals surface area contributed by atoms with Gasteiger partial charge in [0.1, 0.15) is 6.34 Å². The molecule has 0 aliphatic heterocycles. The first-order valence-corrected chi connectivity index (χ1v) is 3.96. The van der Waals surface area contributed by atoms with Gasteiger partial charge in [-0.05, 0) is 12.1 Å². The number of aliphatic imine (C=N–C) groups is 1. The van der Waals surface area contributed by atoms with Gasteiger partial charge in [-0.15, -0.1) is 0 Å². The fourth-order valence-corrected chi connectivity index (χ4v) is 1.01. The molecule has 0 spiro atoms. The predicted molar refractivity (Wildman–Crippen MR) is 52.6 cm³/mol. The number of methoxy groups -OCH3 is 2. The highest BCUT2D eigenvalue weighted by Crippen LogP contribution is 2.30. The average Bonchev–Trinajstić information content (AvgIpc) is 2.25. The summed E-state index contributed by atoms with van der Waals surface area (Å²) in [6.07, 6.45) is 1.17. The highest BCUT2D eigenvalue weighted by molar-refractivity contribution is 5.62. The Morgan fingerprint density at radius 2 is 2.00 bits per heavy atom. The first-order valence-electron chi connectivity index (χ1n) is 3.96. The van der Waals surface area contributed by atoms with Crippen molar-refractivity contribution in [1.82, 2.24) is 5.48 Å². The summed E-state index contributed by atoms with van der Waals surface area (Å²) >= 11 is 0. The normalized spacial score (nSPS) is 10.2. The lowest BCUT2D eigenvalue weighted by atomic mass is 10.3. The molecule has 0 aromatic heterocycles. The second-order valence-corrected chi connectivity index (χ2v) is 2.43. The Balaban J connectivity index is 2.95. The lowest BCUT2D eigenvalue weighted by molar-refractivity contribution is 0.240. The Kier molecular flexibility index (Phi) is 3.75. The molecular weight excluding hydrogens is 184 g/mol. The van der Waals surface area contributed by atoms with E-state index in [4.69, 9.17) is 14.7 Å². The monoisotopic (exact) mass is 196 g/mol. The van der Waals surface area contributed by atoms with E-state index in [-0.39, 0.29) is 0 Å². The molecule has 14 heavy (non-hydrogen) atoms. The first-order chi connectivity index (χ1) is 6.81. The van der Waals surface area contributed by atoms with E-state index in [2.05, 4.69) is 4.99 Å². The highest BCUT2D eigenvalue weighted by atomic mass is 16.5. The van der Waals surface area contributed by atoms with Crippen LogP contribution in [0.25, 0.3) is 0 Å². The number of nitrogens with zero attached hydrogens (tertiary/aromatic N) is 1. The number of ether oxygens (including phenoxy) is 2. The lowest BCUT2D eigenvalue weighted by Gasteiger charge is -2.06. The fraction of sp³-hybridized carbons (Fsp3) is 0.222. The van der Waals surface area contributed by atoms with E-state index in [0.29, 0.717) is 17.2 Å². The van der Waals surface area contributed by atoms with Crippen LogP contribution >= 0.6 is 0 Å². The van der Waals surface area contributed by atoms with Gasteiger partial charge in [-0.25, -0.2) is 4.99 Å². The lowest BCUT2D eigenvalue weighted by Crippen LogP contribution is -2.00. The van der Waals surface area contributed by atoms with Crippen molar-refractivity contribution >= 4 is 12.0 Å². The Morgan fingerprint density at radius 3 is 2.57 bits per heavy atom. The van der Waals surface area contributed by atoms with E-state index in [0.717, 1.165) is 0 Å². The van der Waals surface area contributed by atoms with Gasteiger partial charge < -0.3 is 9.47 Å². The van der Waals surface area contributed by atoms with Crippen molar-refractivity contribution in [2.45, 2.75) is 0 Å². The summed E-state index contributed by atoms with van der Waals surface area (Å²) in [7, 11) is 3.12. The number of hydrogen-bond donors (Lipinski definition) is 2. The van der Waals surface area contributed by atoms with Crippen molar-refractivity contribution in [1.29, 1.82) is 0 Å². The molecule has 1 aromatic carbocycles. The van der Waals surface area contributed by atoms with E-state index in [1.807, 2.05) is 5.48 Å². The van der Waals surface area contributed by atoms with Crippen LogP contribution in [0.5, 0.6) is 11.5 Å². The maximum absolute atomic E-state index is 8.30. The summed E-state index contributed by atoms with van der Waals surface area (Å²) in [4.78, 5) is 3.89. The molecule has 1 rings (SSSR count). The SMILES string of the molecule is COc1ccc(N=CNO)cc1OC. The zero-order chi connectivity index (χ0) is 10.4. The molecule has 1 aromatic rings. The number of benzene rings is 1. The molecule has 0 atom stereocenters. The number of rotatable bonds is 4.